The standard InChI is InChI=1S/C7H15NO/c9-6-2-5-8-7-3-1-4-7/h7-9H,1-6H2. The molecule has 0 aromatic rings. The molecule has 0 saturated heterocycles. The largest absolute Gasteiger partial charge is 0.396 e. The second-order valence-electron chi connectivity index (χ2n) is 2.66. The second kappa shape index (κ2) is 3.85. The van der Waals surface area contributed by atoms with Crippen molar-refractivity contribution in [3.8, 4) is 0 Å². The monoisotopic (exact) mass is 129 g/mol. The summed E-state index contributed by atoms with van der Waals surface area (Å²) in [6.45, 7) is 1.31. The Bertz CT molecular complexity index is 71.3. The van der Waals surface area contributed by atoms with Crippen LogP contribution in [0.4, 0.5) is 0 Å². The molecule has 9 heavy (non-hydrogen) atoms. The first-order valence-corrected chi connectivity index (χ1v) is 3.77. The van der Waals surface area contributed by atoms with E-state index in [-0.39, 0.29) is 0 Å². The molecule has 0 aliphatic heterocycles. The summed E-state index contributed by atoms with van der Waals surface area (Å²) in [7, 11) is 0. The molecule has 0 spiro atoms. The number of aliphatic hydroxyl groups excluding tert-OH is 1. The SMILES string of the molecule is OCCCNC1CCC1. The van der Waals surface area contributed by atoms with Crippen molar-refractivity contribution in [3.63, 3.8) is 0 Å². The van der Waals surface area contributed by atoms with Crippen LogP contribution in [0.15, 0.2) is 0 Å². The van der Waals surface area contributed by atoms with Gasteiger partial charge in [-0.3, -0.25) is 0 Å². The van der Waals surface area contributed by atoms with Crippen LogP contribution in [0.3, 0.4) is 0 Å². The minimum atomic E-state index is 0.319. The van der Waals surface area contributed by atoms with Gasteiger partial charge in [-0.25, -0.2) is 0 Å². The summed E-state index contributed by atoms with van der Waals surface area (Å²) in [4.78, 5) is 0. The minimum Gasteiger partial charge on any atom is -0.396 e. The number of hydrogen-bond donors (Lipinski definition) is 2. The molecule has 2 N–H and O–H groups in total. The highest BCUT2D eigenvalue weighted by Gasteiger charge is 2.15. The van der Waals surface area contributed by atoms with Crippen LogP contribution in [0.5, 0.6) is 0 Å². The number of hydrogen-bond acceptors (Lipinski definition) is 2. The lowest BCUT2D eigenvalue weighted by Gasteiger charge is -2.26. The zero-order valence-electron chi connectivity index (χ0n) is 5.77. The third-order valence-corrected chi connectivity index (χ3v) is 1.87. The van der Waals surface area contributed by atoms with E-state index in [9.17, 15) is 0 Å². The highest BCUT2D eigenvalue weighted by atomic mass is 16.3. The van der Waals surface area contributed by atoms with Crippen molar-refractivity contribution in [2.24, 2.45) is 0 Å². The van der Waals surface area contributed by atoms with Gasteiger partial charge >= 0.3 is 0 Å². The first kappa shape index (κ1) is 7.03. The summed E-state index contributed by atoms with van der Waals surface area (Å²) < 4.78 is 0. The van der Waals surface area contributed by atoms with Gasteiger partial charge in [0.1, 0.15) is 0 Å². The molecular formula is C7H15NO. The maximum absolute atomic E-state index is 8.43. The summed E-state index contributed by atoms with van der Waals surface area (Å²) in [5.41, 5.74) is 0. The Morgan fingerprint density at radius 1 is 1.44 bits per heavy atom. The second-order valence-corrected chi connectivity index (χ2v) is 2.66. The van der Waals surface area contributed by atoms with E-state index < -0.39 is 0 Å². The fourth-order valence-electron chi connectivity index (χ4n) is 0.998. The van der Waals surface area contributed by atoms with Crippen molar-refractivity contribution < 1.29 is 5.11 Å². The Morgan fingerprint density at radius 2 is 2.22 bits per heavy atom. The van der Waals surface area contributed by atoms with E-state index in [4.69, 9.17) is 5.11 Å². The van der Waals surface area contributed by atoms with Crippen LogP contribution < -0.4 is 5.32 Å². The normalized spacial score (nSPS) is 19.7. The van der Waals surface area contributed by atoms with Gasteiger partial charge in [-0.2, -0.15) is 0 Å². The maximum Gasteiger partial charge on any atom is 0.0443 e. The van der Waals surface area contributed by atoms with E-state index in [1.807, 2.05) is 0 Å². The van der Waals surface area contributed by atoms with Gasteiger partial charge in [0, 0.05) is 12.6 Å². The van der Waals surface area contributed by atoms with Crippen molar-refractivity contribution >= 4 is 0 Å². The van der Waals surface area contributed by atoms with Crippen LogP contribution in [-0.2, 0) is 0 Å². The van der Waals surface area contributed by atoms with E-state index in [1.54, 1.807) is 0 Å². The molecule has 0 unspecified atom stereocenters. The van der Waals surface area contributed by atoms with Gasteiger partial charge in [0.2, 0.25) is 0 Å². The lowest BCUT2D eigenvalue weighted by molar-refractivity contribution is 0.271. The zero-order chi connectivity index (χ0) is 6.53. The minimum absolute atomic E-state index is 0.319. The highest BCUT2D eigenvalue weighted by Crippen LogP contribution is 2.17. The zero-order valence-corrected chi connectivity index (χ0v) is 5.77. The molecule has 0 heterocycles. The van der Waals surface area contributed by atoms with Gasteiger partial charge < -0.3 is 10.4 Å². The van der Waals surface area contributed by atoms with E-state index in [0.29, 0.717) is 6.61 Å². The summed E-state index contributed by atoms with van der Waals surface area (Å²) in [5.74, 6) is 0. The Labute approximate surface area is 56.3 Å². The van der Waals surface area contributed by atoms with E-state index in [2.05, 4.69) is 5.32 Å². The molecule has 1 saturated carbocycles. The third-order valence-electron chi connectivity index (χ3n) is 1.87. The molecule has 2 heteroatoms. The van der Waals surface area contributed by atoms with E-state index in [0.717, 1.165) is 19.0 Å². The molecule has 2 nitrogen and oxygen atoms in total. The quantitative estimate of drug-likeness (QED) is 0.542. The van der Waals surface area contributed by atoms with Gasteiger partial charge in [-0.15, -0.1) is 0 Å². The Kier molecular flexibility index (Phi) is 3.01. The van der Waals surface area contributed by atoms with Gasteiger partial charge in [-0.1, -0.05) is 6.42 Å². The van der Waals surface area contributed by atoms with Crippen LogP contribution in [0.2, 0.25) is 0 Å². The van der Waals surface area contributed by atoms with Crippen LogP contribution in [0.1, 0.15) is 25.7 Å². The summed E-state index contributed by atoms with van der Waals surface area (Å²) in [5, 5.41) is 11.8. The average Bonchev–Trinajstić information content (AvgIpc) is 1.76. The Morgan fingerprint density at radius 3 is 2.67 bits per heavy atom. The predicted molar refractivity (Wildman–Crippen MR) is 37.3 cm³/mol. The molecule has 1 fully saturated rings. The summed E-state index contributed by atoms with van der Waals surface area (Å²) >= 11 is 0. The van der Waals surface area contributed by atoms with Crippen LogP contribution in [-0.4, -0.2) is 24.3 Å². The van der Waals surface area contributed by atoms with Crippen LogP contribution >= 0.6 is 0 Å². The molecule has 0 atom stereocenters. The van der Waals surface area contributed by atoms with Crippen molar-refractivity contribution in [2.45, 2.75) is 31.7 Å². The number of aliphatic hydroxyl groups is 1. The lowest BCUT2D eigenvalue weighted by atomic mass is 9.93. The topological polar surface area (TPSA) is 32.3 Å². The Balaban J connectivity index is 1.80. The first-order valence-electron chi connectivity index (χ1n) is 3.77. The number of rotatable bonds is 4. The molecule has 0 radical (unpaired) electrons. The highest BCUT2D eigenvalue weighted by molar-refractivity contribution is 4.75. The van der Waals surface area contributed by atoms with Gasteiger partial charge in [0.15, 0.2) is 0 Å². The van der Waals surface area contributed by atoms with Gasteiger partial charge in [0.25, 0.3) is 0 Å². The van der Waals surface area contributed by atoms with E-state index >= 15 is 0 Å². The molecule has 0 amide bonds. The molecule has 54 valence electrons. The Hall–Kier alpha value is -0.0800. The van der Waals surface area contributed by atoms with Gasteiger partial charge in [0.05, 0.1) is 0 Å². The van der Waals surface area contributed by atoms with Crippen molar-refractivity contribution in [1.29, 1.82) is 0 Å². The summed E-state index contributed by atoms with van der Waals surface area (Å²) in [6, 6.07) is 0.775. The molecular weight excluding hydrogens is 114 g/mol. The predicted octanol–water partition coefficient (Wildman–Crippen LogP) is 0.511. The molecule has 1 rings (SSSR count). The maximum atomic E-state index is 8.43. The fraction of sp³-hybridized carbons (Fsp3) is 1.00. The molecule has 1 aliphatic rings. The van der Waals surface area contributed by atoms with Crippen molar-refractivity contribution in [3.05, 3.63) is 0 Å². The fourth-order valence-corrected chi connectivity index (χ4v) is 0.998. The molecule has 0 bridgehead atoms. The average molecular weight is 129 g/mol. The van der Waals surface area contributed by atoms with Crippen molar-refractivity contribution in [1.82, 2.24) is 5.32 Å². The summed E-state index contributed by atoms with van der Waals surface area (Å²) in [6.07, 6.45) is 4.96. The molecule has 1 aliphatic carbocycles. The van der Waals surface area contributed by atoms with Crippen LogP contribution in [0.25, 0.3) is 0 Å². The smallest absolute Gasteiger partial charge is 0.0443 e. The molecule has 0 aromatic heterocycles. The van der Waals surface area contributed by atoms with E-state index in [1.165, 1.54) is 19.3 Å². The van der Waals surface area contributed by atoms with Gasteiger partial charge in [-0.05, 0) is 25.8 Å². The third kappa shape index (κ3) is 2.33. The lowest BCUT2D eigenvalue weighted by Crippen LogP contribution is -2.35. The first-order chi connectivity index (χ1) is 4.43. The van der Waals surface area contributed by atoms with Crippen LogP contribution in [0, 0.1) is 0 Å². The molecule has 0 aromatic carbocycles. The van der Waals surface area contributed by atoms with Crippen molar-refractivity contribution in [2.75, 3.05) is 13.2 Å². The number of nitrogens with one attached hydrogen (secondary N) is 1.